The van der Waals surface area contributed by atoms with Crippen LogP contribution in [0, 0.1) is 0 Å². The zero-order chi connectivity index (χ0) is 29.6. The SMILES string of the molecule is CC(C)(c1cc(NC(=O)Cc2ccc(-c3cnc4[nH]nc(OC5CCCCC5)c4c3)cc2)no1)C(F)(F)F.O=CO. The Morgan fingerprint density at radius 3 is 2.49 bits per heavy atom. The molecule has 218 valence electrons. The smallest absolute Gasteiger partial charge is 0.401 e. The number of aromatic amines is 1. The molecule has 5 rings (SSSR count). The summed E-state index contributed by atoms with van der Waals surface area (Å²) in [5.74, 6) is -0.303. The van der Waals surface area contributed by atoms with Gasteiger partial charge in [0.15, 0.2) is 17.2 Å². The van der Waals surface area contributed by atoms with E-state index in [9.17, 15) is 18.0 Å². The molecule has 0 bridgehead atoms. The minimum absolute atomic E-state index is 0.0174. The van der Waals surface area contributed by atoms with Crippen LogP contribution in [0.4, 0.5) is 19.0 Å². The highest BCUT2D eigenvalue weighted by Gasteiger charge is 2.51. The number of carbonyl (C=O) groups is 2. The number of carboxylic acid groups (broad SMARTS) is 1. The van der Waals surface area contributed by atoms with E-state index in [1.807, 2.05) is 30.3 Å². The van der Waals surface area contributed by atoms with Crippen LogP contribution in [0.25, 0.3) is 22.2 Å². The van der Waals surface area contributed by atoms with Crippen molar-refractivity contribution in [2.24, 2.45) is 0 Å². The second-order valence-corrected chi connectivity index (χ2v) is 10.3. The van der Waals surface area contributed by atoms with Crippen LogP contribution >= 0.6 is 0 Å². The fourth-order valence-corrected chi connectivity index (χ4v) is 4.43. The minimum atomic E-state index is -4.52. The fraction of sp³-hybridized carbons (Fsp3) is 0.393. The number of fused-ring (bicyclic) bond motifs is 1. The molecule has 1 fully saturated rings. The molecule has 1 aliphatic carbocycles. The molecule has 1 amide bonds. The van der Waals surface area contributed by atoms with Crippen LogP contribution in [0.2, 0.25) is 0 Å². The molecule has 0 aliphatic heterocycles. The normalized spacial score (nSPS) is 14.3. The first-order valence-corrected chi connectivity index (χ1v) is 13.0. The van der Waals surface area contributed by atoms with Gasteiger partial charge in [0.25, 0.3) is 6.47 Å². The number of hydrogen-bond acceptors (Lipinski definition) is 7. The first-order valence-electron chi connectivity index (χ1n) is 13.0. The number of anilines is 1. The summed E-state index contributed by atoms with van der Waals surface area (Å²) in [6, 6.07) is 10.5. The summed E-state index contributed by atoms with van der Waals surface area (Å²) in [4.78, 5) is 25.3. The first kappa shape index (κ1) is 29.6. The molecule has 10 nitrogen and oxygen atoms in total. The molecule has 1 aromatic carbocycles. The standard InChI is InChI=1S/C27H28F3N5O3.CH2O2/c1-26(2,27(28,29)30)21-14-22(35-38-21)32-23(36)12-16-8-10-17(11-9-16)18-13-20-24(31-15-18)33-34-25(20)37-19-6-4-3-5-7-19;2-1-3/h8-11,13-15,19H,3-7,12H2,1-2H3,(H,31,33,34)(H,32,35,36);1H,(H,2,3). The number of halogens is 3. The second-order valence-electron chi connectivity index (χ2n) is 10.3. The Balaban J connectivity index is 0.00000124. The van der Waals surface area contributed by atoms with Crippen molar-refractivity contribution in [3.63, 3.8) is 0 Å². The van der Waals surface area contributed by atoms with Gasteiger partial charge >= 0.3 is 6.18 Å². The molecule has 13 heteroatoms. The zero-order valence-corrected chi connectivity index (χ0v) is 22.5. The Hall–Kier alpha value is -4.42. The number of pyridine rings is 1. The predicted octanol–water partition coefficient (Wildman–Crippen LogP) is 6.05. The number of benzene rings is 1. The first-order chi connectivity index (χ1) is 19.5. The number of carbonyl (C=O) groups excluding carboxylic acids is 1. The fourth-order valence-electron chi connectivity index (χ4n) is 4.43. The van der Waals surface area contributed by atoms with Gasteiger partial charge in [-0.15, -0.1) is 5.10 Å². The molecule has 0 unspecified atom stereocenters. The number of hydrogen-bond donors (Lipinski definition) is 3. The summed E-state index contributed by atoms with van der Waals surface area (Å²) in [6.45, 7) is 1.73. The molecule has 0 saturated heterocycles. The van der Waals surface area contributed by atoms with Gasteiger partial charge in [-0.3, -0.25) is 14.7 Å². The minimum Gasteiger partial charge on any atom is -0.483 e. The average Bonchev–Trinajstić information content (AvgIpc) is 3.57. The van der Waals surface area contributed by atoms with Crippen molar-refractivity contribution in [3.8, 4) is 17.0 Å². The monoisotopic (exact) mass is 573 g/mol. The number of aromatic nitrogens is 4. The highest BCUT2D eigenvalue weighted by atomic mass is 19.4. The molecule has 3 aromatic heterocycles. The van der Waals surface area contributed by atoms with Gasteiger partial charge in [-0.2, -0.15) is 13.2 Å². The lowest BCUT2D eigenvalue weighted by Crippen LogP contribution is -2.35. The van der Waals surface area contributed by atoms with Gasteiger partial charge in [-0.05, 0) is 56.7 Å². The number of ether oxygens (including phenoxy) is 1. The topological polar surface area (TPSA) is 143 Å². The lowest BCUT2D eigenvalue weighted by Gasteiger charge is -2.24. The van der Waals surface area contributed by atoms with E-state index < -0.39 is 17.5 Å². The van der Waals surface area contributed by atoms with Crippen molar-refractivity contribution in [2.45, 2.75) is 70.1 Å². The summed E-state index contributed by atoms with van der Waals surface area (Å²) >= 11 is 0. The van der Waals surface area contributed by atoms with Crippen LogP contribution in [0.3, 0.4) is 0 Å². The summed E-state index contributed by atoms with van der Waals surface area (Å²) in [7, 11) is 0. The van der Waals surface area contributed by atoms with Crippen LogP contribution in [0.15, 0.2) is 47.1 Å². The third-order valence-electron chi connectivity index (χ3n) is 6.97. The van der Waals surface area contributed by atoms with Gasteiger partial charge in [0.05, 0.1) is 11.8 Å². The van der Waals surface area contributed by atoms with E-state index >= 15 is 0 Å². The van der Waals surface area contributed by atoms with Crippen LogP contribution < -0.4 is 10.1 Å². The summed E-state index contributed by atoms with van der Waals surface area (Å²) in [6.07, 6.45) is 3.04. The maximum Gasteiger partial charge on any atom is 0.401 e. The zero-order valence-electron chi connectivity index (χ0n) is 22.5. The van der Waals surface area contributed by atoms with Crippen molar-refractivity contribution in [1.29, 1.82) is 0 Å². The van der Waals surface area contributed by atoms with Crippen molar-refractivity contribution >= 4 is 29.2 Å². The molecule has 3 N–H and O–H groups in total. The second kappa shape index (κ2) is 12.4. The van der Waals surface area contributed by atoms with Gasteiger partial charge in [-0.1, -0.05) is 35.8 Å². The molecular formula is C28H30F3N5O5. The lowest BCUT2D eigenvalue weighted by molar-refractivity contribution is -0.185. The number of amides is 1. The van der Waals surface area contributed by atoms with Crippen molar-refractivity contribution in [1.82, 2.24) is 20.3 Å². The van der Waals surface area contributed by atoms with E-state index in [0.717, 1.165) is 67.7 Å². The molecule has 41 heavy (non-hydrogen) atoms. The summed E-state index contributed by atoms with van der Waals surface area (Å²) in [5, 5.41) is 21.0. The van der Waals surface area contributed by atoms with E-state index in [2.05, 4.69) is 25.7 Å². The number of nitrogens with zero attached hydrogens (tertiary/aromatic N) is 3. The molecule has 1 saturated carbocycles. The Morgan fingerprint density at radius 1 is 1.15 bits per heavy atom. The number of alkyl halides is 3. The summed E-state index contributed by atoms with van der Waals surface area (Å²) in [5.41, 5.74) is 0.942. The highest BCUT2D eigenvalue weighted by Crippen LogP contribution is 2.41. The lowest BCUT2D eigenvalue weighted by atomic mass is 9.89. The summed E-state index contributed by atoms with van der Waals surface area (Å²) < 4.78 is 50.7. The highest BCUT2D eigenvalue weighted by molar-refractivity contribution is 5.91. The third kappa shape index (κ3) is 7.02. The van der Waals surface area contributed by atoms with E-state index in [4.69, 9.17) is 19.2 Å². The quantitative estimate of drug-likeness (QED) is 0.227. The molecule has 3 heterocycles. The Morgan fingerprint density at radius 2 is 1.83 bits per heavy atom. The molecule has 0 spiro atoms. The van der Waals surface area contributed by atoms with Crippen LogP contribution in [-0.2, 0) is 21.4 Å². The number of H-pyrrole nitrogens is 1. The van der Waals surface area contributed by atoms with Crippen LogP contribution in [0.1, 0.15) is 57.3 Å². The van der Waals surface area contributed by atoms with Gasteiger partial charge in [0, 0.05) is 17.8 Å². The molecule has 0 radical (unpaired) electrons. The van der Waals surface area contributed by atoms with Crippen LogP contribution in [0.5, 0.6) is 5.88 Å². The van der Waals surface area contributed by atoms with Gasteiger partial charge in [-0.25, -0.2) is 4.98 Å². The van der Waals surface area contributed by atoms with Gasteiger partial charge < -0.3 is 19.7 Å². The van der Waals surface area contributed by atoms with Crippen LogP contribution in [-0.4, -0.2) is 50.1 Å². The third-order valence-corrected chi connectivity index (χ3v) is 6.97. The molecular weight excluding hydrogens is 543 g/mol. The Labute approximate surface area is 233 Å². The van der Waals surface area contributed by atoms with E-state index in [1.54, 1.807) is 6.20 Å². The molecule has 4 aromatic rings. The maximum absolute atomic E-state index is 13.2. The maximum atomic E-state index is 13.2. The molecule has 1 aliphatic rings. The van der Waals surface area contributed by atoms with Gasteiger partial charge in [0.2, 0.25) is 11.8 Å². The van der Waals surface area contributed by atoms with Crippen molar-refractivity contribution in [3.05, 3.63) is 53.9 Å². The predicted molar refractivity (Wildman–Crippen MR) is 143 cm³/mol. The van der Waals surface area contributed by atoms with E-state index in [0.29, 0.717) is 11.5 Å². The van der Waals surface area contributed by atoms with E-state index in [-0.39, 0.29) is 30.6 Å². The largest absolute Gasteiger partial charge is 0.483 e. The Kier molecular flexibility index (Phi) is 8.94. The van der Waals surface area contributed by atoms with Crippen molar-refractivity contribution < 1.29 is 37.1 Å². The molecule has 0 atom stereocenters. The van der Waals surface area contributed by atoms with Crippen molar-refractivity contribution in [2.75, 3.05) is 5.32 Å². The number of nitrogens with one attached hydrogen (secondary N) is 2. The average molecular weight is 574 g/mol. The Bertz CT molecular complexity index is 1470. The van der Waals surface area contributed by atoms with Gasteiger partial charge in [0.1, 0.15) is 11.5 Å². The van der Waals surface area contributed by atoms with E-state index in [1.165, 1.54) is 6.42 Å². The number of rotatable bonds is 7.